The van der Waals surface area contributed by atoms with Crippen LogP contribution in [0.1, 0.15) is 29.5 Å². The summed E-state index contributed by atoms with van der Waals surface area (Å²) in [4.78, 5) is 4.33. The molecule has 0 amide bonds. The highest BCUT2D eigenvalue weighted by Crippen LogP contribution is 2.25. The minimum atomic E-state index is 0. The molecule has 1 aliphatic rings. The Hall–Kier alpha value is -1.25. The first kappa shape index (κ1) is 23.0. The second-order valence-corrected chi connectivity index (χ2v) is 8.15. The fraction of sp³-hybridized carbons (Fsp3) is 0.409. The van der Waals surface area contributed by atoms with Crippen molar-refractivity contribution in [3.63, 3.8) is 0 Å². The summed E-state index contributed by atoms with van der Waals surface area (Å²) in [5, 5.41) is 7.57. The summed E-state index contributed by atoms with van der Waals surface area (Å²) in [7, 11) is 1.82. The zero-order valence-electron chi connectivity index (χ0n) is 16.4. The van der Waals surface area contributed by atoms with Gasteiger partial charge in [0.2, 0.25) is 0 Å². The molecule has 0 spiro atoms. The quantitative estimate of drug-likeness (QED) is 0.310. The molecule has 1 unspecified atom stereocenters. The third-order valence-electron chi connectivity index (χ3n) is 4.58. The molecule has 3 rings (SSSR count). The Bertz CT molecular complexity index is 721. The zero-order valence-corrected chi connectivity index (χ0v) is 19.5. The molecule has 2 N–H and O–H groups in total. The van der Waals surface area contributed by atoms with Gasteiger partial charge < -0.3 is 15.4 Å². The molecular weight excluding hydrogens is 481 g/mol. The smallest absolute Gasteiger partial charge is 0.191 e. The predicted octanol–water partition coefficient (Wildman–Crippen LogP) is 4.58. The molecule has 4 nitrogen and oxygen atoms in total. The Balaban J connectivity index is 0.00000280. The molecule has 1 saturated heterocycles. The highest BCUT2D eigenvalue weighted by atomic mass is 127. The fourth-order valence-electron chi connectivity index (χ4n) is 3.11. The molecule has 0 aliphatic carbocycles. The van der Waals surface area contributed by atoms with E-state index in [2.05, 4.69) is 63.8 Å². The monoisotopic (exact) mass is 511 g/mol. The van der Waals surface area contributed by atoms with Gasteiger partial charge in [0, 0.05) is 25.4 Å². The molecule has 0 bridgehead atoms. The van der Waals surface area contributed by atoms with Gasteiger partial charge in [0.15, 0.2) is 5.96 Å². The number of nitrogens with zero attached hydrogens (tertiary/aromatic N) is 1. The number of rotatable bonds is 8. The van der Waals surface area contributed by atoms with Crippen molar-refractivity contribution in [1.29, 1.82) is 0 Å². The van der Waals surface area contributed by atoms with E-state index in [1.807, 2.05) is 25.2 Å². The standard InChI is InChI=1S/C22H29N3OS.HI/c1-23-22(25-15-21-11-6-12-27-21)24-14-19-9-5-10-20(13-19)17-26-16-18-7-3-2-4-8-18;/h2-5,7-10,13,21H,6,11-12,14-17H2,1H3,(H2,23,24,25);1H. The van der Waals surface area contributed by atoms with E-state index in [-0.39, 0.29) is 24.0 Å². The highest BCUT2D eigenvalue weighted by molar-refractivity contribution is 14.0. The van der Waals surface area contributed by atoms with Gasteiger partial charge in [-0.2, -0.15) is 11.8 Å². The van der Waals surface area contributed by atoms with Crippen molar-refractivity contribution in [2.75, 3.05) is 19.3 Å². The summed E-state index contributed by atoms with van der Waals surface area (Å²) in [5.41, 5.74) is 3.62. The Morgan fingerprint density at radius 3 is 2.54 bits per heavy atom. The summed E-state index contributed by atoms with van der Waals surface area (Å²) in [5.74, 6) is 2.16. The number of aliphatic imine (C=N–C) groups is 1. The number of guanidine groups is 1. The molecule has 0 saturated carbocycles. The molecule has 1 atom stereocenters. The number of ether oxygens (including phenoxy) is 1. The normalized spacial score (nSPS) is 16.5. The van der Waals surface area contributed by atoms with Crippen LogP contribution >= 0.6 is 35.7 Å². The molecule has 0 radical (unpaired) electrons. The van der Waals surface area contributed by atoms with E-state index in [1.54, 1.807) is 0 Å². The number of halogens is 1. The van der Waals surface area contributed by atoms with E-state index in [0.29, 0.717) is 18.5 Å². The van der Waals surface area contributed by atoms with Gasteiger partial charge in [0.25, 0.3) is 0 Å². The minimum absolute atomic E-state index is 0. The summed E-state index contributed by atoms with van der Waals surface area (Å²) < 4.78 is 5.84. The van der Waals surface area contributed by atoms with Crippen LogP contribution in [-0.2, 0) is 24.5 Å². The molecule has 152 valence electrons. The summed E-state index contributed by atoms with van der Waals surface area (Å²) in [6, 6.07) is 18.8. The number of benzene rings is 2. The molecular formula is C22H30IN3OS. The second-order valence-electron chi connectivity index (χ2n) is 6.74. The van der Waals surface area contributed by atoms with E-state index in [4.69, 9.17) is 4.74 Å². The maximum atomic E-state index is 5.84. The van der Waals surface area contributed by atoms with E-state index in [1.165, 1.54) is 35.3 Å². The molecule has 1 aliphatic heterocycles. The summed E-state index contributed by atoms with van der Waals surface area (Å²) in [6.45, 7) is 3.00. The third-order valence-corrected chi connectivity index (χ3v) is 5.97. The van der Waals surface area contributed by atoms with Gasteiger partial charge in [-0.25, -0.2) is 0 Å². The van der Waals surface area contributed by atoms with Crippen molar-refractivity contribution in [3.8, 4) is 0 Å². The van der Waals surface area contributed by atoms with Crippen LogP contribution in [0.5, 0.6) is 0 Å². The SMILES string of the molecule is CN=C(NCc1cccc(COCc2ccccc2)c1)NCC1CCCS1.I. The van der Waals surface area contributed by atoms with Crippen LogP contribution in [-0.4, -0.2) is 30.6 Å². The van der Waals surface area contributed by atoms with Gasteiger partial charge in [-0.3, -0.25) is 4.99 Å². The van der Waals surface area contributed by atoms with E-state index < -0.39 is 0 Å². The van der Waals surface area contributed by atoms with E-state index in [9.17, 15) is 0 Å². The number of thioether (sulfide) groups is 1. The lowest BCUT2D eigenvalue weighted by Gasteiger charge is -2.15. The third kappa shape index (κ3) is 8.01. The van der Waals surface area contributed by atoms with Crippen molar-refractivity contribution in [3.05, 3.63) is 71.3 Å². The van der Waals surface area contributed by atoms with Gasteiger partial charge in [-0.05, 0) is 35.3 Å². The molecule has 0 aromatic heterocycles. The Morgan fingerprint density at radius 1 is 1.04 bits per heavy atom. The predicted molar refractivity (Wildman–Crippen MR) is 130 cm³/mol. The topological polar surface area (TPSA) is 45.7 Å². The first-order valence-corrected chi connectivity index (χ1v) is 10.6. The molecule has 2 aromatic carbocycles. The average Bonchev–Trinajstić information content (AvgIpc) is 3.23. The van der Waals surface area contributed by atoms with Gasteiger partial charge in [0.1, 0.15) is 0 Å². The van der Waals surface area contributed by atoms with Crippen LogP contribution in [0, 0.1) is 0 Å². The van der Waals surface area contributed by atoms with Crippen LogP contribution in [0.15, 0.2) is 59.6 Å². The maximum absolute atomic E-state index is 5.84. The van der Waals surface area contributed by atoms with Crippen LogP contribution in [0.3, 0.4) is 0 Å². The van der Waals surface area contributed by atoms with Crippen LogP contribution in [0.4, 0.5) is 0 Å². The lowest BCUT2D eigenvalue weighted by Crippen LogP contribution is -2.39. The maximum Gasteiger partial charge on any atom is 0.191 e. The van der Waals surface area contributed by atoms with Crippen molar-refractivity contribution in [1.82, 2.24) is 10.6 Å². The Kier molecular flexibility index (Phi) is 10.7. The first-order chi connectivity index (χ1) is 13.3. The first-order valence-electron chi connectivity index (χ1n) is 9.59. The molecule has 1 fully saturated rings. The average molecular weight is 511 g/mol. The lowest BCUT2D eigenvalue weighted by atomic mass is 10.1. The van der Waals surface area contributed by atoms with Gasteiger partial charge in [0.05, 0.1) is 13.2 Å². The highest BCUT2D eigenvalue weighted by Gasteiger charge is 2.15. The van der Waals surface area contributed by atoms with E-state index in [0.717, 1.165) is 19.0 Å². The summed E-state index contributed by atoms with van der Waals surface area (Å²) >= 11 is 2.06. The van der Waals surface area contributed by atoms with Gasteiger partial charge >= 0.3 is 0 Å². The number of hydrogen-bond acceptors (Lipinski definition) is 3. The Morgan fingerprint density at radius 2 is 1.79 bits per heavy atom. The fourth-order valence-corrected chi connectivity index (χ4v) is 4.31. The molecule has 28 heavy (non-hydrogen) atoms. The van der Waals surface area contributed by atoms with Crippen LogP contribution in [0.25, 0.3) is 0 Å². The summed E-state index contributed by atoms with van der Waals surface area (Å²) in [6.07, 6.45) is 2.64. The number of nitrogens with one attached hydrogen (secondary N) is 2. The minimum Gasteiger partial charge on any atom is -0.372 e. The number of hydrogen-bond donors (Lipinski definition) is 2. The molecule has 6 heteroatoms. The molecule has 1 heterocycles. The largest absolute Gasteiger partial charge is 0.372 e. The van der Waals surface area contributed by atoms with Gasteiger partial charge in [-0.1, -0.05) is 54.6 Å². The lowest BCUT2D eigenvalue weighted by molar-refractivity contribution is 0.107. The van der Waals surface area contributed by atoms with Crippen molar-refractivity contribution in [2.24, 2.45) is 4.99 Å². The second kappa shape index (κ2) is 13.1. The van der Waals surface area contributed by atoms with Crippen molar-refractivity contribution < 1.29 is 4.74 Å². The van der Waals surface area contributed by atoms with Crippen LogP contribution in [0.2, 0.25) is 0 Å². The van der Waals surface area contributed by atoms with Crippen molar-refractivity contribution >= 4 is 41.7 Å². The van der Waals surface area contributed by atoms with Crippen LogP contribution < -0.4 is 10.6 Å². The van der Waals surface area contributed by atoms with Crippen molar-refractivity contribution in [2.45, 2.75) is 37.9 Å². The zero-order chi connectivity index (χ0) is 18.7. The van der Waals surface area contributed by atoms with Gasteiger partial charge in [-0.15, -0.1) is 24.0 Å². The van der Waals surface area contributed by atoms with E-state index >= 15 is 0 Å². The Labute approximate surface area is 190 Å². The molecule has 2 aromatic rings.